The highest BCUT2D eigenvalue weighted by Gasteiger charge is 2.36. The number of aryl methyl sites for hydroxylation is 1. The second-order valence-electron chi connectivity index (χ2n) is 5.82. The van der Waals surface area contributed by atoms with E-state index in [1.807, 2.05) is 19.1 Å². The smallest absolute Gasteiger partial charge is 0.250 e. The number of rotatable bonds is 8. The van der Waals surface area contributed by atoms with Crippen LogP contribution in [0.4, 0.5) is 0 Å². The minimum absolute atomic E-state index is 0.543. The monoisotopic (exact) mass is 292 g/mol. The highest BCUT2D eigenvalue weighted by atomic mass is 16.7. The van der Waals surface area contributed by atoms with Gasteiger partial charge in [-0.3, -0.25) is 0 Å². The summed E-state index contributed by atoms with van der Waals surface area (Å²) in [7, 11) is 0. The Bertz CT molecular complexity index is 460. The van der Waals surface area contributed by atoms with Crippen LogP contribution in [-0.2, 0) is 0 Å². The molecule has 0 spiro atoms. The summed E-state index contributed by atoms with van der Waals surface area (Å²) in [5.41, 5.74) is 1.19. The summed E-state index contributed by atoms with van der Waals surface area (Å²) in [6, 6.07) is 6.08. The molecule has 21 heavy (non-hydrogen) atoms. The molecular weight excluding hydrogens is 264 g/mol. The van der Waals surface area contributed by atoms with Crippen molar-refractivity contribution >= 4 is 0 Å². The number of hydrogen-bond donors (Lipinski definition) is 1. The Morgan fingerprint density at radius 3 is 2.52 bits per heavy atom. The minimum Gasteiger partial charge on any atom is -0.449 e. The van der Waals surface area contributed by atoms with Crippen LogP contribution >= 0.6 is 0 Å². The Labute approximate surface area is 128 Å². The van der Waals surface area contributed by atoms with Crippen molar-refractivity contribution in [2.45, 2.75) is 39.9 Å². The highest BCUT2D eigenvalue weighted by molar-refractivity contribution is 5.45. The summed E-state index contributed by atoms with van der Waals surface area (Å²) in [6.07, 6.45) is 0.832. The van der Waals surface area contributed by atoms with E-state index in [4.69, 9.17) is 9.47 Å². The van der Waals surface area contributed by atoms with Gasteiger partial charge in [-0.25, -0.2) is 0 Å². The number of hydrogen-bond acceptors (Lipinski definition) is 4. The van der Waals surface area contributed by atoms with E-state index in [-0.39, 0.29) is 0 Å². The molecule has 1 heterocycles. The van der Waals surface area contributed by atoms with Crippen molar-refractivity contribution < 1.29 is 9.47 Å². The molecule has 0 fully saturated rings. The van der Waals surface area contributed by atoms with E-state index in [9.17, 15) is 0 Å². The van der Waals surface area contributed by atoms with Crippen molar-refractivity contribution in [3.63, 3.8) is 0 Å². The lowest BCUT2D eigenvalue weighted by atomic mass is 10.2. The van der Waals surface area contributed by atoms with E-state index in [1.165, 1.54) is 5.56 Å². The molecule has 0 radical (unpaired) electrons. The molecule has 2 rings (SSSR count). The first-order valence-electron chi connectivity index (χ1n) is 7.98. The molecular formula is C17H28N2O2. The van der Waals surface area contributed by atoms with Gasteiger partial charge in [0.1, 0.15) is 0 Å². The van der Waals surface area contributed by atoms with E-state index in [2.05, 4.69) is 37.1 Å². The highest BCUT2D eigenvalue weighted by Crippen LogP contribution is 2.40. The van der Waals surface area contributed by atoms with Crippen LogP contribution in [0.25, 0.3) is 0 Å². The predicted molar refractivity (Wildman–Crippen MR) is 86.1 cm³/mol. The molecule has 1 aromatic carbocycles. The molecule has 1 aliphatic heterocycles. The van der Waals surface area contributed by atoms with E-state index in [0.29, 0.717) is 0 Å². The molecule has 1 aromatic rings. The second-order valence-corrected chi connectivity index (χ2v) is 5.82. The second kappa shape index (κ2) is 7.14. The zero-order valence-corrected chi connectivity index (χ0v) is 13.7. The average molecular weight is 292 g/mol. The van der Waals surface area contributed by atoms with Crippen molar-refractivity contribution in [1.82, 2.24) is 10.2 Å². The lowest BCUT2D eigenvalue weighted by molar-refractivity contribution is -0.0672. The Morgan fingerprint density at radius 2 is 1.81 bits per heavy atom. The Kier molecular flexibility index (Phi) is 5.48. The molecule has 0 aliphatic carbocycles. The van der Waals surface area contributed by atoms with E-state index >= 15 is 0 Å². The summed E-state index contributed by atoms with van der Waals surface area (Å²) in [4.78, 5) is 2.41. The molecule has 4 heteroatoms. The normalized spacial score (nSPS) is 20.2. The van der Waals surface area contributed by atoms with Crippen LogP contribution in [0, 0.1) is 6.92 Å². The molecule has 1 atom stereocenters. The molecule has 0 aromatic heterocycles. The number of fused-ring (bicyclic) bond motifs is 1. The van der Waals surface area contributed by atoms with Gasteiger partial charge in [-0.15, -0.1) is 0 Å². The molecule has 118 valence electrons. The minimum atomic E-state index is -0.543. The summed E-state index contributed by atoms with van der Waals surface area (Å²) in [6.45, 7) is 13.7. The van der Waals surface area contributed by atoms with E-state index in [1.54, 1.807) is 0 Å². The van der Waals surface area contributed by atoms with Crippen molar-refractivity contribution in [3.8, 4) is 11.5 Å². The molecule has 0 bridgehead atoms. The van der Waals surface area contributed by atoms with Crippen LogP contribution in [0.3, 0.4) is 0 Å². The fourth-order valence-electron chi connectivity index (χ4n) is 2.58. The quantitative estimate of drug-likeness (QED) is 0.747. The Balaban J connectivity index is 1.72. The van der Waals surface area contributed by atoms with Gasteiger partial charge in [0.15, 0.2) is 11.5 Å². The number of benzene rings is 1. The maximum absolute atomic E-state index is 5.97. The maximum atomic E-state index is 5.97. The third kappa shape index (κ3) is 4.35. The van der Waals surface area contributed by atoms with Crippen LogP contribution in [0.1, 0.15) is 32.8 Å². The van der Waals surface area contributed by atoms with Crippen LogP contribution in [0.2, 0.25) is 0 Å². The first kappa shape index (κ1) is 16.1. The summed E-state index contributed by atoms with van der Waals surface area (Å²) >= 11 is 0. The van der Waals surface area contributed by atoms with Gasteiger partial charge < -0.3 is 19.7 Å². The Hall–Kier alpha value is -1.26. The van der Waals surface area contributed by atoms with Gasteiger partial charge >= 0.3 is 0 Å². The van der Waals surface area contributed by atoms with Crippen molar-refractivity contribution in [2.75, 3.05) is 32.7 Å². The van der Waals surface area contributed by atoms with Gasteiger partial charge in [0.2, 0.25) is 5.79 Å². The fraction of sp³-hybridized carbons (Fsp3) is 0.647. The van der Waals surface area contributed by atoms with Crippen molar-refractivity contribution in [3.05, 3.63) is 23.8 Å². The van der Waals surface area contributed by atoms with Gasteiger partial charge in [-0.05, 0) is 37.7 Å². The van der Waals surface area contributed by atoms with Crippen LogP contribution in [-0.4, -0.2) is 43.4 Å². The van der Waals surface area contributed by atoms with Gasteiger partial charge in [0.25, 0.3) is 0 Å². The number of nitrogens with one attached hydrogen (secondary N) is 1. The summed E-state index contributed by atoms with van der Waals surface area (Å²) < 4.78 is 11.9. The van der Waals surface area contributed by atoms with Crippen molar-refractivity contribution in [1.29, 1.82) is 0 Å². The summed E-state index contributed by atoms with van der Waals surface area (Å²) in [5.74, 6) is 1.17. The van der Waals surface area contributed by atoms with Gasteiger partial charge in [-0.1, -0.05) is 19.9 Å². The lowest BCUT2D eigenvalue weighted by Gasteiger charge is -2.23. The Morgan fingerprint density at radius 1 is 1.10 bits per heavy atom. The molecule has 1 aliphatic rings. The van der Waals surface area contributed by atoms with Crippen molar-refractivity contribution in [2.24, 2.45) is 0 Å². The third-order valence-corrected chi connectivity index (χ3v) is 4.01. The van der Waals surface area contributed by atoms with Gasteiger partial charge in [-0.2, -0.15) is 0 Å². The number of likely N-dealkylation sites (N-methyl/N-ethyl adjacent to an activating group) is 1. The first-order chi connectivity index (χ1) is 10.1. The third-order valence-electron chi connectivity index (χ3n) is 4.01. The van der Waals surface area contributed by atoms with Gasteiger partial charge in [0.05, 0.1) is 0 Å². The van der Waals surface area contributed by atoms with E-state index < -0.39 is 5.79 Å². The largest absolute Gasteiger partial charge is 0.449 e. The SMILES string of the molecule is CCN(CC)CCNCCC1(C)Oc2ccc(C)cc2O1. The molecule has 0 saturated carbocycles. The zero-order valence-electron chi connectivity index (χ0n) is 13.7. The lowest BCUT2D eigenvalue weighted by Crippen LogP contribution is -2.39. The molecule has 1 N–H and O–H groups in total. The number of nitrogens with zero attached hydrogens (tertiary/aromatic N) is 1. The van der Waals surface area contributed by atoms with E-state index in [0.717, 1.165) is 50.6 Å². The van der Waals surface area contributed by atoms with Crippen LogP contribution < -0.4 is 14.8 Å². The topological polar surface area (TPSA) is 33.7 Å². The number of ether oxygens (including phenoxy) is 2. The first-order valence-corrected chi connectivity index (χ1v) is 7.98. The standard InChI is InChI=1S/C17H28N2O2/c1-5-19(6-2)12-11-18-10-9-17(4)20-15-8-7-14(3)13-16(15)21-17/h7-8,13,18H,5-6,9-12H2,1-4H3. The van der Waals surface area contributed by atoms with Crippen LogP contribution in [0.5, 0.6) is 11.5 Å². The predicted octanol–water partition coefficient (Wildman–Crippen LogP) is 2.80. The average Bonchev–Trinajstić information content (AvgIpc) is 2.78. The molecule has 1 unspecified atom stereocenters. The fourth-order valence-corrected chi connectivity index (χ4v) is 2.58. The summed E-state index contributed by atoms with van der Waals surface area (Å²) in [5, 5.41) is 3.47. The van der Waals surface area contributed by atoms with Gasteiger partial charge in [0, 0.05) is 33.0 Å². The zero-order chi connectivity index (χ0) is 15.3. The molecule has 4 nitrogen and oxygen atoms in total. The molecule has 0 amide bonds. The van der Waals surface area contributed by atoms with Crippen LogP contribution in [0.15, 0.2) is 18.2 Å². The molecule has 0 saturated heterocycles. The maximum Gasteiger partial charge on any atom is 0.250 e.